The number of hydrogen-bond donors (Lipinski definition) is 2. The van der Waals surface area contributed by atoms with Gasteiger partial charge in [-0.25, -0.2) is 8.42 Å². The fourth-order valence-corrected chi connectivity index (χ4v) is 5.00. The lowest BCUT2D eigenvalue weighted by molar-refractivity contribution is -0.0169. The van der Waals surface area contributed by atoms with Crippen LogP contribution in [0.3, 0.4) is 0 Å². The molecule has 1 aliphatic carbocycles. The predicted octanol–water partition coefficient (Wildman–Crippen LogP) is 2.38. The van der Waals surface area contributed by atoms with Crippen LogP contribution in [0.4, 0.5) is 0 Å². The van der Waals surface area contributed by atoms with Crippen molar-refractivity contribution in [1.29, 1.82) is 0 Å². The number of rotatable bonds is 3. The van der Waals surface area contributed by atoms with E-state index >= 15 is 0 Å². The molecule has 0 saturated carbocycles. The lowest BCUT2D eigenvalue weighted by Gasteiger charge is -2.29. The summed E-state index contributed by atoms with van der Waals surface area (Å²) < 4.78 is 25.8. The maximum absolute atomic E-state index is 12.9. The van der Waals surface area contributed by atoms with Crippen molar-refractivity contribution < 1.29 is 18.6 Å². The van der Waals surface area contributed by atoms with Gasteiger partial charge >= 0.3 is 0 Å². The van der Waals surface area contributed by atoms with Gasteiger partial charge < -0.3 is 10.2 Å². The van der Waals surface area contributed by atoms with Gasteiger partial charge in [0.05, 0.1) is 22.0 Å². The molecule has 1 aromatic rings. The fraction of sp³-hybridized carbons (Fsp3) is 0.529. The Labute approximate surface area is 132 Å². The highest BCUT2D eigenvalue weighted by atomic mass is 32.2. The predicted molar refractivity (Wildman–Crippen MR) is 85.8 cm³/mol. The monoisotopic (exact) mass is 324 g/mol. The molecule has 1 aliphatic rings. The van der Waals surface area contributed by atoms with Crippen LogP contribution in [0.15, 0.2) is 46.2 Å². The van der Waals surface area contributed by atoms with Crippen LogP contribution < -0.4 is 0 Å². The average molecular weight is 324 g/mol. The lowest BCUT2D eigenvalue weighted by Crippen LogP contribution is -2.37. The highest BCUT2D eigenvalue weighted by Gasteiger charge is 2.40. The van der Waals surface area contributed by atoms with Gasteiger partial charge in [-0.1, -0.05) is 45.0 Å². The number of benzene rings is 1. The molecule has 0 aromatic heterocycles. The van der Waals surface area contributed by atoms with E-state index in [1.807, 2.05) is 6.92 Å². The van der Waals surface area contributed by atoms with Crippen molar-refractivity contribution in [1.82, 2.24) is 0 Å². The molecule has 0 unspecified atom stereocenters. The molecule has 0 radical (unpaired) electrons. The molecule has 122 valence electrons. The van der Waals surface area contributed by atoms with Gasteiger partial charge in [-0.2, -0.15) is 0 Å². The molecule has 2 N–H and O–H groups in total. The van der Waals surface area contributed by atoms with E-state index in [1.165, 1.54) is 0 Å². The standard InChI is InChI=1S/C17H24O4S/c1-4-14-16(18)11(2)10-15(12(3)17(14)19)22(20,21)13-8-6-5-7-9-13/h5-12,14,16-19H,4H2,1-3H3/t11-,12-,14+,16+,17-/m1/s1. The summed E-state index contributed by atoms with van der Waals surface area (Å²) >= 11 is 0. The van der Waals surface area contributed by atoms with Crippen LogP contribution in [0.25, 0.3) is 0 Å². The zero-order valence-electron chi connectivity index (χ0n) is 13.2. The minimum atomic E-state index is -3.67. The maximum Gasteiger partial charge on any atom is 0.202 e. The quantitative estimate of drug-likeness (QED) is 0.895. The van der Waals surface area contributed by atoms with Crippen molar-refractivity contribution in [3.8, 4) is 0 Å². The maximum atomic E-state index is 12.9. The van der Waals surface area contributed by atoms with Crippen molar-refractivity contribution >= 4 is 9.84 Å². The molecule has 0 aliphatic heterocycles. The van der Waals surface area contributed by atoms with Gasteiger partial charge in [0.15, 0.2) is 0 Å². The van der Waals surface area contributed by atoms with E-state index in [0.717, 1.165) is 0 Å². The first kappa shape index (κ1) is 17.2. The van der Waals surface area contributed by atoms with E-state index in [2.05, 4.69) is 0 Å². The smallest absolute Gasteiger partial charge is 0.202 e. The minimum absolute atomic E-state index is 0.203. The van der Waals surface area contributed by atoms with Crippen LogP contribution in [0.5, 0.6) is 0 Å². The van der Waals surface area contributed by atoms with Crippen molar-refractivity contribution in [2.75, 3.05) is 0 Å². The summed E-state index contributed by atoms with van der Waals surface area (Å²) in [4.78, 5) is 0.422. The normalized spacial score (nSPS) is 33.1. The summed E-state index contributed by atoms with van der Waals surface area (Å²) in [6, 6.07) is 8.23. The van der Waals surface area contributed by atoms with Crippen LogP contribution in [0.2, 0.25) is 0 Å². The first-order chi connectivity index (χ1) is 10.3. The molecule has 0 spiro atoms. The van der Waals surface area contributed by atoms with Crippen LogP contribution in [-0.2, 0) is 9.84 Å². The second kappa shape index (κ2) is 6.52. The lowest BCUT2D eigenvalue weighted by atomic mass is 9.85. The Morgan fingerprint density at radius 1 is 1.05 bits per heavy atom. The Bertz CT molecular complexity index is 636. The molecule has 0 saturated heterocycles. The first-order valence-corrected chi connectivity index (χ1v) is 9.17. The largest absolute Gasteiger partial charge is 0.392 e. The van der Waals surface area contributed by atoms with Crippen molar-refractivity contribution in [2.24, 2.45) is 17.8 Å². The molecule has 0 heterocycles. The van der Waals surface area contributed by atoms with Gasteiger partial charge in [-0.15, -0.1) is 0 Å². The number of aliphatic hydroxyl groups is 2. The molecular formula is C17H24O4S. The van der Waals surface area contributed by atoms with Gasteiger partial charge in [0.1, 0.15) is 0 Å². The second-order valence-electron chi connectivity index (χ2n) is 6.09. The highest BCUT2D eigenvalue weighted by molar-refractivity contribution is 7.95. The highest BCUT2D eigenvalue weighted by Crippen LogP contribution is 2.37. The Morgan fingerprint density at radius 3 is 2.18 bits per heavy atom. The summed E-state index contributed by atoms with van der Waals surface area (Å²) in [5.74, 6) is -1.20. The number of hydrogen-bond acceptors (Lipinski definition) is 4. The van der Waals surface area contributed by atoms with E-state index in [0.29, 0.717) is 6.42 Å². The zero-order chi connectivity index (χ0) is 16.5. The minimum Gasteiger partial charge on any atom is -0.392 e. The summed E-state index contributed by atoms with van der Waals surface area (Å²) in [7, 11) is -3.67. The van der Waals surface area contributed by atoms with Gasteiger partial charge in [0.25, 0.3) is 0 Å². The van der Waals surface area contributed by atoms with E-state index in [1.54, 1.807) is 50.3 Å². The Hall–Kier alpha value is -1.17. The van der Waals surface area contributed by atoms with Crippen LogP contribution in [0, 0.1) is 17.8 Å². The molecule has 1 aromatic carbocycles. The van der Waals surface area contributed by atoms with Crippen molar-refractivity contribution in [2.45, 2.75) is 44.3 Å². The van der Waals surface area contributed by atoms with Crippen molar-refractivity contribution in [3.05, 3.63) is 41.3 Å². The van der Waals surface area contributed by atoms with Crippen LogP contribution in [0.1, 0.15) is 27.2 Å². The summed E-state index contributed by atoms with van der Waals surface area (Å²) in [5.41, 5.74) is 0. The van der Waals surface area contributed by atoms with E-state index in [-0.39, 0.29) is 21.6 Å². The molecule has 0 fully saturated rings. The van der Waals surface area contributed by atoms with Gasteiger partial charge in [-0.05, 0) is 18.6 Å². The summed E-state index contributed by atoms with van der Waals surface area (Å²) in [5, 5.41) is 20.9. The molecular weight excluding hydrogens is 300 g/mol. The molecule has 2 rings (SSSR count). The van der Waals surface area contributed by atoms with Gasteiger partial charge in [0.2, 0.25) is 9.84 Å². The third-order valence-electron chi connectivity index (χ3n) is 4.64. The van der Waals surface area contributed by atoms with Gasteiger partial charge in [0, 0.05) is 17.8 Å². The third kappa shape index (κ3) is 2.98. The Balaban J connectivity index is 2.52. The van der Waals surface area contributed by atoms with Gasteiger partial charge in [-0.3, -0.25) is 0 Å². The Morgan fingerprint density at radius 2 is 1.64 bits per heavy atom. The average Bonchev–Trinajstić information content (AvgIpc) is 2.59. The number of sulfone groups is 1. The van der Waals surface area contributed by atoms with E-state index in [9.17, 15) is 18.6 Å². The fourth-order valence-electron chi connectivity index (χ4n) is 3.19. The summed E-state index contributed by atoms with van der Waals surface area (Å²) in [6.07, 6.45) is 0.584. The molecule has 22 heavy (non-hydrogen) atoms. The van der Waals surface area contributed by atoms with Crippen molar-refractivity contribution in [3.63, 3.8) is 0 Å². The molecule has 5 atom stereocenters. The van der Waals surface area contributed by atoms with Crippen LogP contribution in [-0.4, -0.2) is 30.8 Å². The molecule has 4 nitrogen and oxygen atoms in total. The summed E-state index contributed by atoms with van der Waals surface area (Å²) in [6.45, 7) is 5.40. The first-order valence-electron chi connectivity index (χ1n) is 7.68. The SMILES string of the molecule is CC[C@H]1[C@@H](O)[C@H](C)C=C(S(=O)(=O)c2ccccc2)[C@@H](C)[C@H]1O. The van der Waals surface area contributed by atoms with E-state index in [4.69, 9.17) is 0 Å². The second-order valence-corrected chi connectivity index (χ2v) is 8.04. The molecule has 5 heteroatoms. The Kier molecular flexibility index (Phi) is 5.10. The third-order valence-corrected chi connectivity index (χ3v) is 6.66. The topological polar surface area (TPSA) is 74.6 Å². The number of aliphatic hydroxyl groups excluding tert-OH is 2. The van der Waals surface area contributed by atoms with Crippen LogP contribution >= 0.6 is 0 Å². The zero-order valence-corrected chi connectivity index (χ0v) is 14.0. The molecule has 0 bridgehead atoms. The van der Waals surface area contributed by atoms with E-state index < -0.39 is 28.0 Å². The molecule has 0 amide bonds.